The SMILES string of the molecule is C1C2CC3CC1B23.C1CC2CCB12.CB1CCC1. The third-order valence-electron chi connectivity index (χ3n) is 7.33. The van der Waals surface area contributed by atoms with Crippen molar-refractivity contribution in [3.8, 4) is 0 Å². The highest BCUT2D eigenvalue weighted by Crippen LogP contribution is 2.73. The quantitative estimate of drug-likeness (QED) is 0.524. The fourth-order valence-corrected chi connectivity index (χ4v) is 5.14. The van der Waals surface area contributed by atoms with Gasteiger partial charge >= 0.3 is 0 Å². The van der Waals surface area contributed by atoms with E-state index in [4.69, 9.17) is 0 Å². The average Bonchev–Trinajstić information content (AvgIpc) is 2.32. The monoisotopic (exact) mass is 240 g/mol. The summed E-state index contributed by atoms with van der Waals surface area (Å²) in [6.07, 6.45) is 15.5. The zero-order valence-electron chi connectivity index (χ0n) is 12.1. The first-order valence-electron chi connectivity index (χ1n) is 8.81. The minimum Gasteiger partial charge on any atom is -0.0861 e. The summed E-state index contributed by atoms with van der Waals surface area (Å²) in [5, 5.41) is 0. The van der Waals surface area contributed by atoms with Crippen LogP contribution in [-0.4, -0.2) is 20.1 Å². The van der Waals surface area contributed by atoms with Gasteiger partial charge < -0.3 is 0 Å². The summed E-state index contributed by atoms with van der Waals surface area (Å²) in [6, 6.07) is 0. The van der Waals surface area contributed by atoms with Gasteiger partial charge in [-0.2, -0.15) is 0 Å². The molecule has 6 saturated heterocycles. The molecule has 0 unspecified atom stereocenters. The first-order chi connectivity index (χ1) is 8.81. The number of fused-ring (bicyclic) bond motifs is 1. The van der Waals surface area contributed by atoms with E-state index >= 15 is 0 Å². The van der Waals surface area contributed by atoms with Crippen molar-refractivity contribution in [3.63, 3.8) is 0 Å². The first kappa shape index (κ1) is 12.0. The summed E-state index contributed by atoms with van der Waals surface area (Å²) in [6.45, 7) is 5.86. The van der Waals surface area contributed by atoms with Crippen LogP contribution in [0.5, 0.6) is 0 Å². The Morgan fingerprint density at radius 2 is 1.17 bits per heavy atom. The lowest BCUT2D eigenvalue weighted by molar-refractivity contribution is 0.316. The Balaban J connectivity index is 0.0000000750. The van der Waals surface area contributed by atoms with Crippen LogP contribution in [0.25, 0.3) is 0 Å². The van der Waals surface area contributed by atoms with Gasteiger partial charge in [0.1, 0.15) is 20.1 Å². The number of rotatable bonds is 0. The second-order valence-electron chi connectivity index (χ2n) is 8.28. The Morgan fingerprint density at radius 1 is 0.722 bits per heavy atom. The average molecular weight is 240 g/mol. The van der Waals surface area contributed by atoms with E-state index in [1.54, 1.807) is 44.7 Å². The van der Waals surface area contributed by atoms with Crippen molar-refractivity contribution in [3.05, 3.63) is 0 Å². The molecule has 0 nitrogen and oxygen atoms in total. The topological polar surface area (TPSA) is 0 Å². The molecule has 18 heavy (non-hydrogen) atoms. The summed E-state index contributed by atoms with van der Waals surface area (Å²) in [5.74, 6) is 4.93. The molecule has 0 atom stereocenters. The molecule has 0 bridgehead atoms. The standard InChI is InChI=1S/C6H9B.C5H9B.C4H9B/c1-4-2-6-3-5(1)7(4)6;1-3-6-4-2-5(1)6;1-5-3-2-4-5/h4-6H,1-3H2;5H,1-4H2;2-4H2,1H3. The van der Waals surface area contributed by atoms with Gasteiger partial charge in [-0.1, -0.05) is 93.9 Å². The van der Waals surface area contributed by atoms with Crippen molar-refractivity contribution in [2.75, 3.05) is 0 Å². The largest absolute Gasteiger partial charge is 0.149 e. The predicted molar refractivity (Wildman–Crippen MR) is 85.1 cm³/mol. The summed E-state index contributed by atoms with van der Waals surface area (Å²) >= 11 is 0. The van der Waals surface area contributed by atoms with Crippen LogP contribution < -0.4 is 0 Å². The highest BCUT2D eigenvalue weighted by atomic mass is 14.5. The van der Waals surface area contributed by atoms with Gasteiger partial charge in [0, 0.05) is 0 Å². The molecule has 0 N–H and O–H groups in total. The molecular formula is C15H27B3. The highest BCUT2D eigenvalue weighted by molar-refractivity contribution is 6.73. The molecule has 0 amide bonds. The molecule has 96 valence electrons. The minimum atomic E-state index is 1.06. The lowest BCUT2D eigenvalue weighted by Gasteiger charge is -2.66. The van der Waals surface area contributed by atoms with Gasteiger partial charge in [-0.25, -0.2) is 0 Å². The van der Waals surface area contributed by atoms with Crippen molar-refractivity contribution in [1.29, 1.82) is 0 Å². The smallest absolute Gasteiger partial charge is 0.0861 e. The van der Waals surface area contributed by atoms with E-state index in [1.807, 2.05) is 0 Å². The van der Waals surface area contributed by atoms with Gasteiger partial charge in [-0.3, -0.25) is 0 Å². The molecule has 6 aliphatic heterocycles. The van der Waals surface area contributed by atoms with Crippen LogP contribution in [0.2, 0.25) is 55.4 Å². The van der Waals surface area contributed by atoms with E-state index in [-0.39, 0.29) is 0 Å². The molecule has 0 radical (unpaired) electrons. The Morgan fingerprint density at radius 3 is 1.17 bits per heavy atom. The molecule has 6 fully saturated rings. The maximum Gasteiger partial charge on any atom is 0.149 e. The highest BCUT2D eigenvalue weighted by Gasteiger charge is 2.64. The van der Waals surface area contributed by atoms with Crippen molar-refractivity contribution in [1.82, 2.24) is 0 Å². The summed E-state index contributed by atoms with van der Waals surface area (Å²) in [4.78, 5) is 0. The second-order valence-corrected chi connectivity index (χ2v) is 8.28. The molecule has 3 heteroatoms. The van der Waals surface area contributed by atoms with Crippen LogP contribution in [0.3, 0.4) is 0 Å². The second kappa shape index (κ2) is 4.63. The molecule has 0 aromatic carbocycles. The van der Waals surface area contributed by atoms with Gasteiger partial charge in [0.05, 0.1) is 0 Å². The van der Waals surface area contributed by atoms with Gasteiger partial charge in [0.15, 0.2) is 0 Å². The zero-order chi connectivity index (χ0) is 12.1. The van der Waals surface area contributed by atoms with Gasteiger partial charge in [0.2, 0.25) is 0 Å². The maximum atomic E-state index is 2.31. The van der Waals surface area contributed by atoms with Crippen molar-refractivity contribution in [2.45, 2.75) is 93.9 Å². The normalized spacial score (nSPS) is 40.5. The summed E-state index contributed by atoms with van der Waals surface area (Å²) < 4.78 is 0. The molecule has 0 aliphatic carbocycles. The van der Waals surface area contributed by atoms with Crippen LogP contribution in [-0.2, 0) is 0 Å². The Hall–Kier alpha value is 0.195. The third-order valence-corrected chi connectivity index (χ3v) is 7.33. The number of hydrogen-bond acceptors (Lipinski definition) is 0. The summed E-state index contributed by atoms with van der Waals surface area (Å²) in [5.41, 5.74) is 0. The molecule has 0 aromatic heterocycles. The number of hydrogen-bond donors (Lipinski definition) is 0. The molecule has 0 aromatic rings. The Kier molecular flexibility index (Phi) is 3.08. The molecular weight excluding hydrogens is 213 g/mol. The molecule has 6 rings (SSSR count). The van der Waals surface area contributed by atoms with Crippen LogP contribution in [0, 0.1) is 0 Å². The van der Waals surface area contributed by atoms with E-state index in [0.29, 0.717) is 0 Å². The van der Waals surface area contributed by atoms with Crippen LogP contribution in [0.15, 0.2) is 0 Å². The molecule has 0 saturated carbocycles. The van der Waals surface area contributed by atoms with Crippen LogP contribution in [0.1, 0.15) is 38.5 Å². The summed E-state index contributed by atoms with van der Waals surface area (Å²) in [7, 11) is 0. The van der Waals surface area contributed by atoms with Crippen molar-refractivity contribution >= 4 is 20.1 Å². The van der Waals surface area contributed by atoms with Gasteiger partial charge in [-0.15, -0.1) is 0 Å². The molecule has 6 aliphatic rings. The van der Waals surface area contributed by atoms with Gasteiger partial charge in [-0.05, 0) is 0 Å². The fourth-order valence-electron chi connectivity index (χ4n) is 5.14. The Bertz CT molecular complexity index is 267. The van der Waals surface area contributed by atoms with E-state index in [9.17, 15) is 0 Å². The van der Waals surface area contributed by atoms with Crippen molar-refractivity contribution < 1.29 is 0 Å². The fraction of sp³-hybridized carbons (Fsp3) is 1.00. The predicted octanol–water partition coefficient (Wildman–Crippen LogP) is 4.98. The maximum absolute atomic E-state index is 2.31. The zero-order valence-corrected chi connectivity index (χ0v) is 12.1. The van der Waals surface area contributed by atoms with E-state index in [2.05, 4.69) is 6.82 Å². The van der Waals surface area contributed by atoms with Crippen LogP contribution >= 0.6 is 0 Å². The lowest BCUT2D eigenvalue weighted by atomic mass is 9.01. The minimum absolute atomic E-state index is 1.06. The first-order valence-corrected chi connectivity index (χ1v) is 8.81. The van der Waals surface area contributed by atoms with Crippen LogP contribution in [0.4, 0.5) is 0 Å². The van der Waals surface area contributed by atoms with Crippen molar-refractivity contribution in [2.24, 2.45) is 0 Å². The van der Waals surface area contributed by atoms with E-state index in [1.165, 1.54) is 55.8 Å². The van der Waals surface area contributed by atoms with E-state index < -0.39 is 0 Å². The van der Waals surface area contributed by atoms with Gasteiger partial charge in [0.25, 0.3) is 0 Å². The van der Waals surface area contributed by atoms with E-state index in [0.717, 1.165) is 6.71 Å². The third kappa shape index (κ3) is 1.91. The lowest BCUT2D eigenvalue weighted by Crippen LogP contribution is -2.60. The molecule has 6 heterocycles. The Labute approximate surface area is 114 Å². The molecule has 0 spiro atoms.